The molecule has 0 spiro atoms. The van der Waals surface area contributed by atoms with Gasteiger partial charge in [-0.05, 0) is 31.9 Å². The van der Waals surface area contributed by atoms with Crippen molar-refractivity contribution in [1.82, 2.24) is 14.7 Å². The predicted octanol–water partition coefficient (Wildman–Crippen LogP) is 2.61. The van der Waals surface area contributed by atoms with E-state index in [9.17, 15) is 4.79 Å². The van der Waals surface area contributed by atoms with Crippen molar-refractivity contribution in [3.63, 3.8) is 0 Å². The van der Waals surface area contributed by atoms with Gasteiger partial charge in [0.2, 0.25) is 0 Å². The van der Waals surface area contributed by atoms with Crippen molar-refractivity contribution in [2.75, 3.05) is 19.7 Å². The number of benzene rings is 1. The van der Waals surface area contributed by atoms with E-state index < -0.39 is 0 Å². The summed E-state index contributed by atoms with van der Waals surface area (Å²) < 4.78 is 7.48. The van der Waals surface area contributed by atoms with Gasteiger partial charge in [-0.1, -0.05) is 18.2 Å². The number of amides is 1. The number of carbonyl (C=O) groups is 1. The molecule has 1 aliphatic heterocycles. The molecule has 1 aliphatic carbocycles. The van der Waals surface area contributed by atoms with Crippen LogP contribution in [0.4, 0.5) is 0 Å². The third-order valence-electron chi connectivity index (χ3n) is 4.53. The number of para-hydroxylation sites is 1. The van der Waals surface area contributed by atoms with Gasteiger partial charge in [-0.25, -0.2) is 4.68 Å². The summed E-state index contributed by atoms with van der Waals surface area (Å²) >= 11 is 0. The second-order valence-corrected chi connectivity index (χ2v) is 6.40. The van der Waals surface area contributed by atoms with Crippen molar-refractivity contribution in [3.8, 4) is 5.69 Å². The summed E-state index contributed by atoms with van der Waals surface area (Å²) in [5, 5.41) is 4.52. The van der Waals surface area contributed by atoms with Gasteiger partial charge >= 0.3 is 0 Å². The highest BCUT2D eigenvalue weighted by Crippen LogP contribution is 2.42. The first kappa shape index (κ1) is 14.5. The average Bonchev–Trinajstić information content (AvgIpc) is 3.33. The van der Waals surface area contributed by atoms with Gasteiger partial charge in [-0.15, -0.1) is 0 Å². The number of nitrogens with zero attached hydrogens (tertiary/aromatic N) is 3. The van der Waals surface area contributed by atoms with Crippen LogP contribution in [0.5, 0.6) is 0 Å². The lowest BCUT2D eigenvalue weighted by Crippen LogP contribution is -2.44. The summed E-state index contributed by atoms with van der Waals surface area (Å²) in [7, 11) is 0. The summed E-state index contributed by atoms with van der Waals surface area (Å²) in [6.45, 7) is 3.93. The molecule has 5 nitrogen and oxygen atoms in total. The van der Waals surface area contributed by atoms with Crippen molar-refractivity contribution in [2.45, 2.75) is 31.8 Å². The van der Waals surface area contributed by atoms with E-state index in [0.29, 0.717) is 25.6 Å². The maximum Gasteiger partial charge on any atom is 0.257 e. The van der Waals surface area contributed by atoms with Crippen LogP contribution in [0.2, 0.25) is 0 Å². The maximum atomic E-state index is 13.0. The van der Waals surface area contributed by atoms with Crippen LogP contribution >= 0.6 is 0 Å². The maximum absolute atomic E-state index is 13.0. The average molecular weight is 311 g/mol. The minimum atomic E-state index is 0.0873. The van der Waals surface area contributed by atoms with Crippen LogP contribution in [0.25, 0.3) is 5.69 Å². The molecule has 120 valence electrons. The highest BCUT2D eigenvalue weighted by atomic mass is 16.5. The third-order valence-corrected chi connectivity index (χ3v) is 4.53. The highest BCUT2D eigenvalue weighted by Gasteiger charge is 2.35. The number of carbonyl (C=O) groups excluding carboxylic acids is 1. The summed E-state index contributed by atoms with van der Waals surface area (Å²) in [4.78, 5) is 14.9. The number of hydrogen-bond acceptors (Lipinski definition) is 3. The van der Waals surface area contributed by atoms with Crippen LogP contribution in [0.3, 0.4) is 0 Å². The Balaban J connectivity index is 1.69. The number of aromatic nitrogens is 2. The molecule has 1 aromatic heterocycles. The highest BCUT2D eigenvalue weighted by molar-refractivity contribution is 5.95. The number of rotatable bonds is 3. The molecule has 2 aliphatic rings. The van der Waals surface area contributed by atoms with Gasteiger partial charge in [0.05, 0.1) is 35.9 Å². The van der Waals surface area contributed by atoms with Crippen LogP contribution < -0.4 is 0 Å². The Morgan fingerprint density at radius 3 is 2.74 bits per heavy atom. The predicted molar refractivity (Wildman–Crippen MR) is 86.9 cm³/mol. The lowest BCUT2D eigenvalue weighted by atomic mass is 10.1. The van der Waals surface area contributed by atoms with Crippen LogP contribution in [0, 0.1) is 0 Å². The van der Waals surface area contributed by atoms with Gasteiger partial charge in [0, 0.05) is 19.0 Å². The molecule has 2 fully saturated rings. The Bertz CT molecular complexity index is 706. The topological polar surface area (TPSA) is 47.4 Å². The van der Waals surface area contributed by atoms with Crippen molar-refractivity contribution in [3.05, 3.63) is 47.8 Å². The molecule has 23 heavy (non-hydrogen) atoms. The lowest BCUT2D eigenvalue weighted by Gasteiger charge is -2.31. The standard InChI is InChI=1S/C18H21N3O2/c1-13-12-20(9-10-23-13)18(22)16-11-19-21(17(16)14-7-8-14)15-5-3-2-4-6-15/h2-6,11,13-14H,7-10,12H2,1H3. The fraction of sp³-hybridized carbons (Fsp3) is 0.444. The quantitative estimate of drug-likeness (QED) is 0.875. The number of morpholine rings is 1. The Kier molecular flexibility index (Phi) is 3.65. The minimum Gasteiger partial charge on any atom is -0.375 e. The molecule has 1 saturated heterocycles. The molecule has 4 rings (SSSR count). The molecule has 1 amide bonds. The summed E-state index contributed by atoms with van der Waals surface area (Å²) in [5.74, 6) is 0.541. The minimum absolute atomic E-state index is 0.0873. The molecule has 1 unspecified atom stereocenters. The molecule has 2 heterocycles. The molecule has 0 bridgehead atoms. The molecule has 1 atom stereocenters. The first-order valence-corrected chi connectivity index (χ1v) is 8.28. The van der Waals surface area contributed by atoms with E-state index in [1.165, 1.54) is 0 Å². The van der Waals surface area contributed by atoms with Crippen molar-refractivity contribution in [2.24, 2.45) is 0 Å². The molecular weight excluding hydrogens is 290 g/mol. The second kappa shape index (κ2) is 5.81. The Morgan fingerprint density at radius 2 is 2.04 bits per heavy atom. The molecule has 5 heteroatoms. The van der Waals surface area contributed by atoms with E-state index in [1.807, 2.05) is 46.8 Å². The third kappa shape index (κ3) is 2.77. The Labute approximate surface area is 135 Å². The van der Waals surface area contributed by atoms with Gasteiger partial charge < -0.3 is 9.64 Å². The first-order valence-electron chi connectivity index (χ1n) is 8.28. The SMILES string of the molecule is CC1CN(C(=O)c2cnn(-c3ccccc3)c2C2CC2)CCO1. The molecule has 1 aromatic carbocycles. The van der Waals surface area contributed by atoms with Gasteiger partial charge in [0.1, 0.15) is 0 Å². The van der Waals surface area contributed by atoms with Crippen LogP contribution in [0.1, 0.15) is 41.7 Å². The van der Waals surface area contributed by atoms with E-state index in [-0.39, 0.29) is 12.0 Å². The van der Waals surface area contributed by atoms with Crippen LogP contribution in [0.15, 0.2) is 36.5 Å². The fourth-order valence-electron chi connectivity index (χ4n) is 3.22. The molecule has 0 radical (unpaired) electrons. The Morgan fingerprint density at radius 1 is 1.26 bits per heavy atom. The van der Waals surface area contributed by atoms with E-state index in [1.54, 1.807) is 6.20 Å². The van der Waals surface area contributed by atoms with E-state index in [0.717, 1.165) is 29.8 Å². The lowest BCUT2D eigenvalue weighted by molar-refractivity contribution is -0.0124. The summed E-state index contributed by atoms with van der Waals surface area (Å²) in [6.07, 6.45) is 4.11. The van der Waals surface area contributed by atoms with Gasteiger partial charge in [0.25, 0.3) is 5.91 Å². The van der Waals surface area contributed by atoms with Crippen molar-refractivity contribution in [1.29, 1.82) is 0 Å². The zero-order chi connectivity index (χ0) is 15.8. The fourth-order valence-corrected chi connectivity index (χ4v) is 3.22. The van der Waals surface area contributed by atoms with Gasteiger partial charge in [-0.3, -0.25) is 4.79 Å². The van der Waals surface area contributed by atoms with E-state index >= 15 is 0 Å². The molecule has 1 saturated carbocycles. The van der Waals surface area contributed by atoms with E-state index in [4.69, 9.17) is 4.74 Å². The monoisotopic (exact) mass is 311 g/mol. The molecule has 2 aromatic rings. The normalized spacial score (nSPS) is 21.4. The van der Waals surface area contributed by atoms with Crippen LogP contribution in [-0.4, -0.2) is 46.4 Å². The van der Waals surface area contributed by atoms with Crippen molar-refractivity contribution < 1.29 is 9.53 Å². The molecular formula is C18H21N3O2. The Hall–Kier alpha value is -2.14. The van der Waals surface area contributed by atoms with Gasteiger partial charge in [-0.2, -0.15) is 5.10 Å². The van der Waals surface area contributed by atoms with Crippen LogP contribution in [-0.2, 0) is 4.74 Å². The second-order valence-electron chi connectivity index (χ2n) is 6.40. The first-order chi connectivity index (χ1) is 11.2. The summed E-state index contributed by atoms with van der Waals surface area (Å²) in [5.41, 5.74) is 2.84. The van der Waals surface area contributed by atoms with E-state index in [2.05, 4.69) is 5.10 Å². The largest absolute Gasteiger partial charge is 0.375 e. The summed E-state index contributed by atoms with van der Waals surface area (Å²) in [6, 6.07) is 10.1. The van der Waals surface area contributed by atoms with Crippen molar-refractivity contribution >= 4 is 5.91 Å². The zero-order valence-electron chi connectivity index (χ0n) is 13.3. The smallest absolute Gasteiger partial charge is 0.257 e. The number of hydrogen-bond donors (Lipinski definition) is 0. The van der Waals surface area contributed by atoms with Gasteiger partial charge in [0.15, 0.2) is 0 Å². The number of ether oxygens (including phenoxy) is 1. The molecule has 0 N–H and O–H groups in total. The zero-order valence-corrected chi connectivity index (χ0v) is 13.3.